The predicted octanol–water partition coefficient (Wildman–Crippen LogP) is 2.62. The first-order valence-electron chi connectivity index (χ1n) is 9.17. The van der Waals surface area contributed by atoms with Crippen molar-refractivity contribution in [2.45, 2.75) is 12.9 Å². The van der Waals surface area contributed by atoms with Crippen LogP contribution in [0.2, 0.25) is 0 Å². The van der Waals surface area contributed by atoms with Crippen LogP contribution < -0.4 is 9.46 Å². The van der Waals surface area contributed by atoms with Gasteiger partial charge in [-0.15, -0.1) is 13.2 Å². The third kappa shape index (κ3) is 6.56. The number of nitrogens with zero attached hydrogens (tertiary/aromatic N) is 2. The Morgan fingerprint density at radius 2 is 1.77 bits per heavy atom. The summed E-state index contributed by atoms with van der Waals surface area (Å²) >= 11 is 0. The summed E-state index contributed by atoms with van der Waals surface area (Å²) in [5.41, 5.74) is 0.308. The lowest BCUT2D eigenvalue weighted by atomic mass is 10.1. The molecule has 0 radical (unpaired) electrons. The van der Waals surface area contributed by atoms with E-state index in [-0.39, 0.29) is 11.4 Å². The third-order valence-corrected chi connectivity index (χ3v) is 5.04. The first-order chi connectivity index (χ1) is 14.6. The fourth-order valence-electron chi connectivity index (χ4n) is 3.24. The zero-order chi connectivity index (χ0) is 22.6. The highest BCUT2D eigenvalue weighted by Crippen LogP contribution is 2.32. The average Bonchev–Trinajstić information content (AvgIpc) is 2.68. The van der Waals surface area contributed by atoms with E-state index in [2.05, 4.69) is 4.74 Å². The zero-order valence-electron chi connectivity index (χ0n) is 16.1. The van der Waals surface area contributed by atoms with Gasteiger partial charge in [-0.3, -0.25) is 14.4 Å². The van der Waals surface area contributed by atoms with Crippen molar-refractivity contribution in [1.82, 2.24) is 9.80 Å². The molecule has 168 valence electrons. The van der Waals surface area contributed by atoms with E-state index >= 15 is 0 Å². The number of nitrogens with one attached hydrogen (secondary N) is 1. The standard InChI is InChI=1S/C19H19F4N3O4S/c20-15-3-1-2-13(10-15)12-25-6-8-26(9-7-25)18(27)14-4-5-16(24-31(28)29)17(11-14)30-19(21,22)23/h1-5,10-11,31H,6-9,12H2,(H,24,28,29). The second-order valence-electron chi connectivity index (χ2n) is 6.83. The Labute approximate surface area is 177 Å². The van der Waals surface area contributed by atoms with Crippen LogP contribution in [0.5, 0.6) is 5.75 Å². The lowest BCUT2D eigenvalue weighted by Crippen LogP contribution is -2.48. The maximum Gasteiger partial charge on any atom is 0.573 e. The molecule has 2 aromatic carbocycles. The van der Waals surface area contributed by atoms with Crippen molar-refractivity contribution in [3.63, 3.8) is 0 Å². The van der Waals surface area contributed by atoms with E-state index in [0.717, 1.165) is 17.7 Å². The van der Waals surface area contributed by atoms with Gasteiger partial charge in [-0.2, -0.15) is 0 Å². The van der Waals surface area contributed by atoms with Gasteiger partial charge in [-0.25, -0.2) is 12.8 Å². The third-order valence-electron chi connectivity index (χ3n) is 4.62. The predicted molar refractivity (Wildman–Crippen MR) is 105 cm³/mol. The monoisotopic (exact) mass is 461 g/mol. The number of alkyl halides is 3. The van der Waals surface area contributed by atoms with Crippen molar-refractivity contribution in [3.8, 4) is 5.75 Å². The summed E-state index contributed by atoms with van der Waals surface area (Å²) < 4.78 is 78.7. The van der Waals surface area contributed by atoms with Crippen molar-refractivity contribution in [2.75, 3.05) is 30.9 Å². The number of ether oxygens (including phenoxy) is 1. The van der Waals surface area contributed by atoms with E-state index in [1.54, 1.807) is 12.1 Å². The highest BCUT2D eigenvalue weighted by Gasteiger charge is 2.33. The number of benzene rings is 2. The second kappa shape index (κ2) is 9.52. The van der Waals surface area contributed by atoms with Crippen molar-refractivity contribution in [3.05, 3.63) is 59.4 Å². The fraction of sp³-hybridized carbons (Fsp3) is 0.316. The van der Waals surface area contributed by atoms with Crippen LogP contribution in [0.3, 0.4) is 0 Å². The smallest absolute Gasteiger partial charge is 0.404 e. The molecule has 1 N–H and O–H groups in total. The molecule has 1 aliphatic rings. The number of rotatable bonds is 6. The van der Waals surface area contributed by atoms with Crippen LogP contribution in [-0.4, -0.2) is 56.7 Å². The zero-order valence-corrected chi connectivity index (χ0v) is 17.0. The Bertz CT molecular complexity index is 1010. The van der Waals surface area contributed by atoms with Gasteiger partial charge >= 0.3 is 6.36 Å². The summed E-state index contributed by atoms with van der Waals surface area (Å²) in [6.45, 7) is 2.18. The summed E-state index contributed by atoms with van der Waals surface area (Å²) in [5.74, 6) is -1.65. The van der Waals surface area contributed by atoms with Crippen LogP contribution >= 0.6 is 0 Å². The molecule has 0 aromatic heterocycles. The minimum Gasteiger partial charge on any atom is -0.404 e. The lowest BCUT2D eigenvalue weighted by molar-refractivity contribution is -0.274. The molecule has 0 saturated carbocycles. The van der Waals surface area contributed by atoms with E-state index in [4.69, 9.17) is 0 Å². The van der Waals surface area contributed by atoms with Crippen LogP contribution in [0.25, 0.3) is 0 Å². The Balaban J connectivity index is 1.67. The minimum atomic E-state index is -5.06. The molecule has 0 bridgehead atoms. The van der Waals surface area contributed by atoms with Crippen LogP contribution in [-0.2, 0) is 17.4 Å². The average molecular weight is 461 g/mol. The van der Waals surface area contributed by atoms with Crippen molar-refractivity contribution < 1.29 is 35.5 Å². The molecular weight excluding hydrogens is 442 g/mol. The van der Waals surface area contributed by atoms with E-state index in [1.165, 1.54) is 23.1 Å². The van der Waals surface area contributed by atoms with Gasteiger partial charge < -0.3 is 9.64 Å². The van der Waals surface area contributed by atoms with Gasteiger partial charge in [0.2, 0.25) is 10.9 Å². The Hall–Kier alpha value is -2.86. The number of piperazine rings is 1. The second-order valence-corrected chi connectivity index (χ2v) is 7.56. The van der Waals surface area contributed by atoms with Crippen molar-refractivity contribution in [2.24, 2.45) is 0 Å². The van der Waals surface area contributed by atoms with Crippen molar-refractivity contribution >= 4 is 22.5 Å². The molecular formula is C19H19F4N3O4S. The van der Waals surface area contributed by atoms with E-state index in [1.807, 2.05) is 9.62 Å². The maximum absolute atomic E-state index is 13.3. The van der Waals surface area contributed by atoms with Crippen LogP contribution in [0.1, 0.15) is 15.9 Å². The van der Waals surface area contributed by atoms with Gasteiger partial charge in [0.1, 0.15) is 5.82 Å². The van der Waals surface area contributed by atoms with Crippen LogP contribution in [0, 0.1) is 5.82 Å². The summed E-state index contributed by atoms with van der Waals surface area (Å²) in [6.07, 6.45) is -5.06. The van der Waals surface area contributed by atoms with Crippen LogP contribution in [0.15, 0.2) is 42.5 Å². The number of hydrogen-bond acceptors (Lipinski definition) is 5. The van der Waals surface area contributed by atoms with Gasteiger partial charge in [-0.05, 0) is 35.9 Å². The normalized spacial score (nSPS) is 15.2. The van der Waals surface area contributed by atoms with Crippen LogP contribution in [0.4, 0.5) is 23.2 Å². The topological polar surface area (TPSA) is 78.9 Å². The number of anilines is 1. The molecule has 0 atom stereocenters. The number of carbonyl (C=O) groups is 1. The maximum atomic E-state index is 13.3. The van der Waals surface area contributed by atoms with E-state index in [9.17, 15) is 30.8 Å². The molecule has 0 aliphatic carbocycles. The van der Waals surface area contributed by atoms with Gasteiger partial charge in [-0.1, -0.05) is 12.1 Å². The summed E-state index contributed by atoms with van der Waals surface area (Å²) in [4.78, 5) is 16.3. The molecule has 1 amide bonds. The first kappa shape index (κ1) is 22.8. The number of halogens is 4. The molecule has 1 fully saturated rings. The summed E-state index contributed by atoms with van der Waals surface area (Å²) in [7, 11) is -3.22. The van der Waals surface area contributed by atoms with Gasteiger partial charge in [0.05, 0.1) is 5.69 Å². The van der Waals surface area contributed by atoms with E-state index < -0.39 is 34.6 Å². The minimum absolute atomic E-state index is 0.0653. The van der Waals surface area contributed by atoms with Gasteiger partial charge in [0.15, 0.2) is 5.75 Å². The summed E-state index contributed by atoms with van der Waals surface area (Å²) in [6, 6.07) is 9.33. The molecule has 0 spiro atoms. The van der Waals surface area contributed by atoms with Gasteiger partial charge in [0.25, 0.3) is 5.91 Å². The molecule has 3 rings (SSSR count). The molecule has 1 aliphatic heterocycles. The quantitative estimate of drug-likeness (QED) is 0.511. The first-order valence-corrected chi connectivity index (χ1v) is 10.4. The molecule has 0 unspecified atom stereocenters. The molecule has 7 nitrogen and oxygen atoms in total. The number of hydrogen-bond donors (Lipinski definition) is 2. The Morgan fingerprint density at radius 1 is 1.06 bits per heavy atom. The molecule has 12 heteroatoms. The molecule has 2 aromatic rings. The SMILES string of the molecule is O=C(c1ccc(N[SH](=O)=O)c(OC(F)(F)F)c1)N1CCN(Cc2cccc(F)c2)CC1. The Kier molecular flexibility index (Phi) is 7.01. The summed E-state index contributed by atoms with van der Waals surface area (Å²) in [5, 5.41) is 0. The molecule has 1 heterocycles. The Morgan fingerprint density at radius 3 is 2.39 bits per heavy atom. The number of thiol groups is 1. The van der Waals surface area contributed by atoms with Gasteiger partial charge in [0, 0.05) is 38.3 Å². The number of amides is 1. The highest BCUT2D eigenvalue weighted by molar-refractivity contribution is 7.73. The van der Waals surface area contributed by atoms with Crippen molar-refractivity contribution in [1.29, 1.82) is 0 Å². The molecule has 31 heavy (non-hydrogen) atoms. The number of carbonyl (C=O) groups excluding carboxylic acids is 1. The largest absolute Gasteiger partial charge is 0.573 e. The molecule has 1 saturated heterocycles. The lowest BCUT2D eigenvalue weighted by Gasteiger charge is -2.35. The highest BCUT2D eigenvalue weighted by atomic mass is 32.2. The fourth-order valence-corrected chi connectivity index (χ4v) is 3.62. The van der Waals surface area contributed by atoms with E-state index in [0.29, 0.717) is 32.7 Å².